The average Bonchev–Trinajstić information content (AvgIpc) is 2.20. The first-order valence-electron chi connectivity index (χ1n) is 4.23. The largest absolute Gasteiger partial charge is 0.383 e. The third kappa shape index (κ3) is 2.00. The smallest absolute Gasteiger partial charge is 0.221 e. The molecule has 0 atom stereocenters. The van der Waals surface area contributed by atoms with Gasteiger partial charge in [0.25, 0.3) is 0 Å². The molecule has 0 bridgehead atoms. The summed E-state index contributed by atoms with van der Waals surface area (Å²) in [6, 6.07) is 7.38. The molecule has 0 aliphatic heterocycles. The van der Waals surface area contributed by atoms with E-state index in [1.165, 1.54) is 0 Å². The average molecular weight is 237 g/mol. The van der Waals surface area contributed by atoms with Crippen molar-refractivity contribution < 1.29 is 0 Å². The van der Waals surface area contributed by atoms with Crippen LogP contribution >= 0.6 is 24.2 Å². The van der Waals surface area contributed by atoms with Crippen molar-refractivity contribution in [2.24, 2.45) is 0 Å². The second kappa shape index (κ2) is 4.00. The van der Waals surface area contributed by atoms with Crippen LogP contribution in [0.4, 0.5) is 5.82 Å². The Balaban J connectivity index is 2.60. The molecule has 2 rings (SSSR count). The molecule has 0 fully saturated rings. The van der Waals surface area contributed by atoms with E-state index in [1.807, 2.05) is 18.2 Å². The maximum absolute atomic E-state index is 6.03. The van der Waals surface area contributed by atoms with Crippen LogP contribution in [0.25, 0.3) is 11.1 Å². The third-order valence-corrected chi connectivity index (χ3v) is 2.49. The van der Waals surface area contributed by atoms with Crippen LogP contribution in [0, 0.1) is 0 Å². The molecular weight excluding hydrogens is 230 g/mol. The van der Waals surface area contributed by atoms with Gasteiger partial charge < -0.3 is 5.73 Å². The van der Waals surface area contributed by atoms with Gasteiger partial charge in [-0.15, -0.1) is 0 Å². The Morgan fingerprint density at radius 2 is 1.93 bits per heavy atom. The van der Waals surface area contributed by atoms with Gasteiger partial charge in [-0.25, -0.2) is 9.97 Å². The van der Waals surface area contributed by atoms with Gasteiger partial charge in [-0.3, -0.25) is 0 Å². The number of hydrogen-bond donors (Lipinski definition) is 1. The van der Waals surface area contributed by atoms with Gasteiger partial charge in [-0.05, 0) is 18.7 Å². The van der Waals surface area contributed by atoms with Crippen LogP contribution in [-0.2, 0) is 0 Å². The fourth-order valence-electron chi connectivity index (χ4n) is 1.27. The Bertz CT molecular complexity index is 502. The number of halogens is 1. The first-order valence-corrected chi connectivity index (χ1v) is 5.01. The summed E-state index contributed by atoms with van der Waals surface area (Å²) in [5, 5.41) is 0.855. The number of benzene rings is 1. The summed E-state index contributed by atoms with van der Waals surface area (Å²) >= 11 is 10.8. The highest BCUT2D eigenvalue weighted by atomic mass is 35.5. The number of anilines is 1. The first-order chi connectivity index (χ1) is 7.18. The minimum atomic E-state index is 0.239. The van der Waals surface area contributed by atoms with Crippen LogP contribution in [0.2, 0.25) is 5.02 Å². The van der Waals surface area contributed by atoms with Crippen molar-refractivity contribution in [3.8, 4) is 11.1 Å². The number of nitrogens with two attached hydrogens (primary N) is 1. The topological polar surface area (TPSA) is 51.8 Å². The van der Waals surface area contributed by atoms with E-state index in [1.54, 1.807) is 12.3 Å². The minimum Gasteiger partial charge on any atom is -0.383 e. The summed E-state index contributed by atoms with van der Waals surface area (Å²) in [7, 11) is 0. The van der Waals surface area contributed by atoms with Crippen LogP contribution in [0.3, 0.4) is 0 Å². The molecule has 2 N–H and O–H groups in total. The molecule has 3 nitrogen and oxygen atoms in total. The molecule has 1 heterocycles. The van der Waals surface area contributed by atoms with Crippen LogP contribution < -0.4 is 5.73 Å². The van der Waals surface area contributed by atoms with Crippen LogP contribution in [0.5, 0.6) is 0 Å². The van der Waals surface area contributed by atoms with Gasteiger partial charge in [-0.1, -0.05) is 29.8 Å². The van der Waals surface area contributed by atoms with Crippen molar-refractivity contribution in [1.82, 2.24) is 9.97 Å². The van der Waals surface area contributed by atoms with Gasteiger partial charge in [0.05, 0.1) is 0 Å². The van der Waals surface area contributed by atoms with Crippen molar-refractivity contribution >= 4 is 30.0 Å². The van der Waals surface area contributed by atoms with Crippen molar-refractivity contribution in [2.45, 2.75) is 5.16 Å². The molecule has 0 unspecified atom stereocenters. The Hall–Kier alpha value is -1.39. The van der Waals surface area contributed by atoms with Crippen molar-refractivity contribution in [2.75, 3.05) is 5.73 Å². The van der Waals surface area contributed by atoms with Gasteiger partial charge in [0, 0.05) is 22.3 Å². The predicted molar refractivity (Wildman–Crippen MR) is 62.7 cm³/mol. The molecule has 0 aliphatic rings. The van der Waals surface area contributed by atoms with E-state index in [4.69, 9.17) is 30.0 Å². The zero-order chi connectivity index (χ0) is 10.8. The lowest BCUT2D eigenvalue weighted by molar-refractivity contribution is 0.986. The summed E-state index contributed by atoms with van der Waals surface area (Å²) in [6.07, 6.45) is 1.59. The van der Waals surface area contributed by atoms with Crippen LogP contribution in [-0.4, -0.2) is 9.97 Å². The van der Waals surface area contributed by atoms with Crippen molar-refractivity contribution in [3.63, 3.8) is 0 Å². The summed E-state index contributed by atoms with van der Waals surface area (Å²) in [6.45, 7) is 0. The quantitative estimate of drug-likeness (QED) is 0.775. The summed E-state index contributed by atoms with van der Waals surface area (Å²) in [4.78, 5) is 7.84. The summed E-state index contributed by atoms with van der Waals surface area (Å²) in [5.74, 6) is 0.350. The van der Waals surface area contributed by atoms with Crippen molar-refractivity contribution in [1.29, 1.82) is 0 Å². The molecule has 0 spiro atoms. The Morgan fingerprint density at radius 3 is 2.60 bits per heavy atom. The Kier molecular flexibility index (Phi) is 2.70. The lowest BCUT2D eigenvalue weighted by Crippen LogP contribution is -1.96. The van der Waals surface area contributed by atoms with Gasteiger partial charge in [0.2, 0.25) is 5.16 Å². The van der Waals surface area contributed by atoms with E-state index in [0.29, 0.717) is 16.4 Å². The van der Waals surface area contributed by atoms with E-state index in [9.17, 15) is 0 Å². The summed E-state index contributed by atoms with van der Waals surface area (Å²) in [5.41, 5.74) is 7.26. The second-order valence-corrected chi connectivity index (χ2v) is 3.70. The number of hydrogen-bond acceptors (Lipinski definition) is 3. The fraction of sp³-hybridized carbons (Fsp3) is 0. The molecule has 5 heteroatoms. The highest BCUT2D eigenvalue weighted by Gasteiger charge is 2.08. The maximum atomic E-state index is 6.03. The molecule has 0 aliphatic carbocycles. The SMILES string of the molecule is Nc1nc([S])ncc1-c1ccccc1Cl. The van der Waals surface area contributed by atoms with E-state index in [2.05, 4.69) is 9.97 Å². The maximum Gasteiger partial charge on any atom is 0.221 e. The van der Waals surface area contributed by atoms with Gasteiger partial charge in [0.15, 0.2) is 0 Å². The van der Waals surface area contributed by atoms with Crippen molar-refractivity contribution in [3.05, 3.63) is 35.5 Å². The zero-order valence-corrected chi connectivity index (χ0v) is 9.22. The fourth-order valence-corrected chi connectivity index (χ4v) is 1.65. The molecule has 0 amide bonds. The molecular formula is C10H7ClN3S. The van der Waals surface area contributed by atoms with Crippen LogP contribution in [0.1, 0.15) is 0 Å². The molecule has 75 valence electrons. The Labute approximate surface area is 97.7 Å². The minimum absolute atomic E-state index is 0.239. The second-order valence-electron chi connectivity index (χ2n) is 2.93. The highest BCUT2D eigenvalue weighted by Crippen LogP contribution is 2.30. The van der Waals surface area contributed by atoms with Gasteiger partial charge >= 0.3 is 0 Å². The van der Waals surface area contributed by atoms with E-state index < -0.39 is 0 Å². The normalized spacial score (nSPS) is 10.2. The highest BCUT2D eigenvalue weighted by molar-refractivity contribution is 7.80. The lowest BCUT2D eigenvalue weighted by atomic mass is 10.1. The number of nitrogens with zero attached hydrogens (tertiary/aromatic N) is 2. The van der Waals surface area contributed by atoms with E-state index >= 15 is 0 Å². The standard InChI is InChI=1S/C10H7ClN3S/c11-8-4-2-1-3-6(8)7-5-13-10(15)14-9(7)12/h1-5H,(H2,12,13,14). The lowest BCUT2D eigenvalue weighted by Gasteiger charge is -2.05. The molecule has 0 saturated carbocycles. The molecule has 1 aromatic heterocycles. The molecule has 2 aromatic rings. The molecule has 1 radical (unpaired) electrons. The first kappa shape index (κ1) is 10.1. The van der Waals surface area contributed by atoms with Crippen LogP contribution in [0.15, 0.2) is 35.6 Å². The Morgan fingerprint density at radius 1 is 1.20 bits per heavy atom. The third-order valence-electron chi connectivity index (χ3n) is 1.96. The molecule has 0 saturated heterocycles. The van der Waals surface area contributed by atoms with E-state index in [-0.39, 0.29) is 5.16 Å². The zero-order valence-electron chi connectivity index (χ0n) is 7.64. The van der Waals surface area contributed by atoms with Gasteiger partial charge in [-0.2, -0.15) is 0 Å². The summed E-state index contributed by atoms with van der Waals surface area (Å²) < 4.78 is 0. The number of nitrogen functional groups attached to an aromatic ring is 1. The predicted octanol–water partition coefficient (Wildman–Crippen LogP) is 2.94. The molecule has 15 heavy (non-hydrogen) atoms. The number of aromatic nitrogens is 2. The number of rotatable bonds is 1. The van der Waals surface area contributed by atoms with E-state index in [0.717, 1.165) is 5.56 Å². The molecule has 1 aromatic carbocycles. The van der Waals surface area contributed by atoms with Gasteiger partial charge in [0.1, 0.15) is 5.82 Å². The monoisotopic (exact) mass is 236 g/mol.